The molecule has 1 aromatic heterocycles. The minimum atomic E-state index is -4.17. The summed E-state index contributed by atoms with van der Waals surface area (Å²) >= 11 is 1.20. The van der Waals surface area contributed by atoms with E-state index in [0.29, 0.717) is 4.88 Å². The Morgan fingerprint density at radius 1 is 1.43 bits per heavy atom. The minimum absolute atomic E-state index is 0.0660. The van der Waals surface area contributed by atoms with Crippen LogP contribution in [0.2, 0.25) is 0 Å². The van der Waals surface area contributed by atoms with Crippen LogP contribution in [-0.2, 0) is 0 Å². The molecule has 1 heterocycles. The van der Waals surface area contributed by atoms with Crippen molar-refractivity contribution in [2.24, 2.45) is 0 Å². The number of aryl methyl sites for hydroxylation is 1. The van der Waals surface area contributed by atoms with Crippen LogP contribution in [0.4, 0.5) is 13.2 Å². The molecule has 1 N–H and O–H groups in total. The molecule has 1 rings (SSSR count). The van der Waals surface area contributed by atoms with Crippen LogP contribution in [0.3, 0.4) is 0 Å². The van der Waals surface area contributed by atoms with Crippen LogP contribution in [0.25, 0.3) is 0 Å². The molecule has 5 heteroatoms. The maximum atomic E-state index is 12.6. The van der Waals surface area contributed by atoms with Crippen molar-refractivity contribution in [1.82, 2.24) is 5.32 Å². The number of thiophene rings is 1. The highest BCUT2D eigenvalue weighted by Crippen LogP contribution is 2.37. The van der Waals surface area contributed by atoms with Crippen LogP contribution in [0, 0.1) is 6.92 Å². The van der Waals surface area contributed by atoms with E-state index in [1.54, 1.807) is 19.1 Å². The number of hydrogen-bond acceptors (Lipinski definition) is 2. The fourth-order valence-corrected chi connectivity index (χ4v) is 2.23. The SMILES string of the molecule is CNCC(c1ccc(C)s1)C(F)(F)F. The molecule has 14 heavy (non-hydrogen) atoms. The van der Waals surface area contributed by atoms with Gasteiger partial charge in [-0.1, -0.05) is 0 Å². The lowest BCUT2D eigenvalue weighted by Gasteiger charge is -2.18. The Labute approximate surface area is 84.9 Å². The molecular weight excluding hydrogens is 211 g/mol. The van der Waals surface area contributed by atoms with Gasteiger partial charge in [0.1, 0.15) is 5.92 Å². The Morgan fingerprint density at radius 3 is 2.43 bits per heavy atom. The minimum Gasteiger partial charge on any atom is -0.319 e. The topological polar surface area (TPSA) is 12.0 Å². The Balaban J connectivity index is 2.88. The molecular formula is C9H12F3NS. The number of hydrogen-bond donors (Lipinski definition) is 1. The van der Waals surface area contributed by atoms with Crippen molar-refractivity contribution in [1.29, 1.82) is 0 Å². The van der Waals surface area contributed by atoms with Crippen LogP contribution >= 0.6 is 11.3 Å². The third-order valence-corrected chi connectivity index (χ3v) is 3.02. The standard InChI is InChI=1S/C9H12F3NS/c1-6-3-4-8(14-6)7(5-13-2)9(10,11)12/h3-4,7,13H,5H2,1-2H3. The van der Waals surface area contributed by atoms with Crippen molar-refractivity contribution < 1.29 is 13.2 Å². The number of halogens is 3. The molecule has 1 unspecified atom stereocenters. The highest BCUT2D eigenvalue weighted by Gasteiger charge is 2.40. The van der Waals surface area contributed by atoms with Gasteiger partial charge in [0, 0.05) is 16.3 Å². The van der Waals surface area contributed by atoms with E-state index in [2.05, 4.69) is 5.32 Å². The average molecular weight is 223 g/mol. The first kappa shape index (κ1) is 11.5. The molecule has 1 nitrogen and oxygen atoms in total. The molecule has 1 atom stereocenters. The lowest BCUT2D eigenvalue weighted by molar-refractivity contribution is -0.148. The van der Waals surface area contributed by atoms with Gasteiger partial charge in [0.2, 0.25) is 0 Å². The Bertz CT molecular complexity index is 292. The lowest BCUT2D eigenvalue weighted by Crippen LogP contribution is -2.29. The van der Waals surface area contributed by atoms with E-state index in [0.717, 1.165) is 4.88 Å². The van der Waals surface area contributed by atoms with E-state index in [1.807, 2.05) is 0 Å². The van der Waals surface area contributed by atoms with Crippen molar-refractivity contribution in [3.8, 4) is 0 Å². The molecule has 80 valence electrons. The molecule has 0 saturated heterocycles. The Morgan fingerprint density at radius 2 is 2.07 bits per heavy atom. The van der Waals surface area contributed by atoms with Gasteiger partial charge in [-0.2, -0.15) is 13.2 Å². The first-order valence-corrected chi connectivity index (χ1v) is 5.04. The van der Waals surface area contributed by atoms with E-state index in [4.69, 9.17) is 0 Å². The van der Waals surface area contributed by atoms with Crippen LogP contribution in [-0.4, -0.2) is 19.8 Å². The Hall–Kier alpha value is -0.550. The normalized spacial score (nSPS) is 14.4. The molecule has 0 amide bonds. The van der Waals surface area contributed by atoms with Crippen molar-refractivity contribution in [3.05, 3.63) is 21.9 Å². The second-order valence-electron chi connectivity index (χ2n) is 3.10. The van der Waals surface area contributed by atoms with E-state index >= 15 is 0 Å². The molecule has 0 radical (unpaired) electrons. The predicted molar refractivity (Wildman–Crippen MR) is 51.8 cm³/mol. The summed E-state index contributed by atoms with van der Waals surface area (Å²) < 4.78 is 37.7. The highest BCUT2D eigenvalue weighted by molar-refractivity contribution is 7.12. The van der Waals surface area contributed by atoms with Crippen LogP contribution in [0.15, 0.2) is 12.1 Å². The molecule has 0 fully saturated rings. The fraction of sp³-hybridized carbons (Fsp3) is 0.556. The van der Waals surface area contributed by atoms with Crippen molar-refractivity contribution in [3.63, 3.8) is 0 Å². The summed E-state index contributed by atoms with van der Waals surface area (Å²) in [6.45, 7) is 1.74. The first-order chi connectivity index (χ1) is 6.45. The third-order valence-electron chi connectivity index (χ3n) is 1.91. The van der Waals surface area contributed by atoms with Gasteiger partial charge in [0.05, 0.1) is 0 Å². The highest BCUT2D eigenvalue weighted by atomic mass is 32.1. The monoisotopic (exact) mass is 223 g/mol. The van der Waals surface area contributed by atoms with E-state index in [1.165, 1.54) is 18.4 Å². The average Bonchev–Trinajstić information content (AvgIpc) is 2.45. The summed E-state index contributed by atoms with van der Waals surface area (Å²) in [5, 5.41) is 2.57. The number of likely N-dealkylation sites (N-methyl/N-ethyl adjacent to an activating group) is 1. The second kappa shape index (κ2) is 4.31. The molecule has 0 bridgehead atoms. The van der Waals surface area contributed by atoms with Gasteiger partial charge >= 0.3 is 6.18 Å². The number of alkyl halides is 3. The summed E-state index contributed by atoms with van der Waals surface area (Å²) in [6, 6.07) is 3.27. The molecule has 0 aliphatic rings. The van der Waals surface area contributed by atoms with Crippen LogP contribution in [0.5, 0.6) is 0 Å². The number of rotatable bonds is 3. The zero-order valence-corrected chi connectivity index (χ0v) is 8.80. The summed E-state index contributed by atoms with van der Waals surface area (Å²) in [5.74, 6) is -1.38. The van der Waals surface area contributed by atoms with Gasteiger partial charge in [-0.15, -0.1) is 11.3 Å². The fourth-order valence-electron chi connectivity index (χ4n) is 1.22. The smallest absolute Gasteiger partial charge is 0.319 e. The zero-order chi connectivity index (χ0) is 10.8. The maximum absolute atomic E-state index is 12.6. The van der Waals surface area contributed by atoms with Gasteiger partial charge in [0.25, 0.3) is 0 Å². The van der Waals surface area contributed by atoms with Crippen molar-refractivity contribution in [2.45, 2.75) is 19.0 Å². The molecule has 0 aliphatic heterocycles. The lowest BCUT2D eigenvalue weighted by atomic mass is 10.1. The van der Waals surface area contributed by atoms with Gasteiger partial charge in [0.15, 0.2) is 0 Å². The van der Waals surface area contributed by atoms with Gasteiger partial charge < -0.3 is 5.32 Å². The van der Waals surface area contributed by atoms with Gasteiger partial charge in [-0.05, 0) is 26.1 Å². The largest absolute Gasteiger partial charge is 0.397 e. The quantitative estimate of drug-likeness (QED) is 0.830. The Kier molecular flexibility index (Phi) is 3.55. The van der Waals surface area contributed by atoms with E-state index in [-0.39, 0.29) is 6.54 Å². The zero-order valence-electron chi connectivity index (χ0n) is 7.98. The molecule has 0 aromatic carbocycles. The van der Waals surface area contributed by atoms with Crippen molar-refractivity contribution in [2.75, 3.05) is 13.6 Å². The van der Waals surface area contributed by atoms with E-state index in [9.17, 15) is 13.2 Å². The van der Waals surface area contributed by atoms with Crippen LogP contribution < -0.4 is 5.32 Å². The predicted octanol–water partition coefficient (Wildman–Crippen LogP) is 2.92. The summed E-state index contributed by atoms with van der Waals surface area (Å²) in [4.78, 5) is 1.29. The molecule has 0 saturated carbocycles. The second-order valence-corrected chi connectivity index (χ2v) is 4.42. The maximum Gasteiger partial charge on any atom is 0.397 e. The summed E-state index contributed by atoms with van der Waals surface area (Å²) in [5.41, 5.74) is 0. The molecule has 1 aromatic rings. The van der Waals surface area contributed by atoms with Gasteiger partial charge in [-0.3, -0.25) is 0 Å². The first-order valence-electron chi connectivity index (χ1n) is 4.23. The van der Waals surface area contributed by atoms with Crippen LogP contribution in [0.1, 0.15) is 15.7 Å². The van der Waals surface area contributed by atoms with Crippen molar-refractivity contribution >= 4 is 11.3 Å². The third kappa shape index (κ3) is 2.72. The van der Waals surface area contributed by atoms with Gasteiger partial charge in [-0.25, -0.2) is 0 Å². The van der Waals surface area contributed by atoms with E-state index < -0.39 is 12.1 Å². The molecule has 0 spiro atoms. The molecule has 0 aliphatic carbocycles. The summed E-state index contributed by atoms with van der Waals surface area (Å²) in [7, 11) is 1.53. The number of nitrogens with one attached hydrogen (secondary N) is 1. The summed E-state index contributed by atoms with van der Waals surface area (Å²) in [6.07, 6.45) is -4.17.